The topological polar surface area (TPSA) is 78.3 Å². The lowest BCUT2D eigenvalue weighted by molar-refractivity contribution is -0.131. The fraction of sp³-hybridized carbons (Fsp3) is 0.917. The summed E-state index contributed by atoms with van der Waals surface area (Å²) >= 11 is 0. The summed E-state index contributed by atoms with van der Waals surface area (Å²) in [4.78, 5) is 11.0. The number of carbonyl (C=O) groups excluding carboxylic acids is 1. The first kappa shape index (κ1) is 13.5. The Morgan fingerprint density at radius 3 is 2.50 bits per heavy atom. The first-order chi connectivity index (χ1) is 7.69. The standard InChI is InChI=1S/C12H24N2O2/c1-2-11(12(14)15)16-8-10-6-4-3-5-9(10)7-13/h9-11H,2-8,13H2,1H3,(H2,14,15). The van der Waals surface area contributed by atoms with Crippen LogP contribution in [-0.4, -0.2) is 25.2 Å². The van der Waals surface area contributed by atoms with E-state index < -0.39 is 6.10 Å². The number of ether oxygens (including phenoxy) is 1. The van der Waals surface area contributed by atoms with Crippen LogP contribution < -0.4 is 11.5 Å². The first-order valence-corrected chi connectivity index (χ1v) is 6.30. The third kappa shape index (κ3) is 3.76. The van der Waals surface area contributed by atoms with Crippen molar-refractivity contribution in [3.63, 3.8) is 0 Å². The zero-order chi connectivity index (χ0) is 12.0. The molecule has 16 heavy (non-hydrogen) atoms. The molecule has 0 aliphatic heterocycles. The first-order valence-electron chi connectivity index (χ1n) is 6.30. The fourth-order valence-electron chi connectivity index (χ4n) is 2.46. The smallest absolute Gasteiger partial charge is 0.246 e. The minimum atomic E-state index is -0.430. The molecule has 0 saturated heterocycles. The SMILES string of the molecule is CCC(OCC1CCCCC1CN)C(N)=O. The van der Waals surface area contributed by atoms with Gasteiger partial charge < -0.3 is 16.2 Å². The van der Waals surface area contributed by atoms with Crippen molar-refractivity contribution in [2.24, 2.45) is 23.3 Å². The molecule has 1 amide bonds. The van der Waals surface area contributed by atoms with Crippen molar-refractivity contribution in [2.75, 3.05) is 13.2 Å². The molecule has 0 spiro atoms. The Balaban J connectivity index is 2.36. The molecule has 4 nitrogen and oxygen atoms in total. The van der Waals surface area contributed by atoms with E-state index in [1.54, 1.807) is 0 Å². The van der Waals surface area contributed by atoms with E-state index in [0.717, 1.165) is 13.0 Å². The van der Waals surface area contributed by atoms with Gasteiger partial charge in [0.1, 0.15) is 6.10 Å². The summed E-state index contributed by atoms with van der Waals surface area (Å²) < 4.78 is 5.59. The lowest BCUT2D eigenvalue weighted by Gasteiger charge is -2.31. The molecule has 0 radical (unpaired) electrons. The third-order valence-corrected chi connectivity index (χ3v) is 3.57. The molecule has 1 rings (SSSR count). The maximum Gasteiger partial charge on any atom is 0.246 e. The molecule has 0 heterocycles. The fourth-order valence-corrected chi connectivity index (χ4v) is 2.46. The van der Waals surface area contributed by atoms with Crippen LogP contribution in [-0.2, 0) is 9.53 Å². The van der Waals surface area contributed by atoms with Crippen molar-refractivity contribution >= 4 is 5.91 Å². The molecule has 0 aromatic rings. The van der Waals surface area contributed by atoms with E-state index in [9.17, 15) is 4.79 Å². The predicted octanol–water partition coefficient (Wildman–Crippen LogP) is 1.03. The average Bonchev–Trinajstić information content (AvgIpc) is 2.30. The second-order valence-corrected chi connectivity index (χ2v) is 4.67. The molecule has 3 unspecified atom stereocenters. The van der Waals surface area contributed by atoms with Crippen molar-refractivity contribution < 1.29 is 9.53 Å². The highest BCUT2D eigenvalue weighted by atomic mass is 16.5. The second kappa shape index (κ2) is 6.86. The molecular weight excluding hydrogens is 204 g/mol. The monoisotopic (exact) mass is 228 g/mol. The Morgan fingerprint density at radius 2 is 2.00 bits per heavy atom. The molecule has 1 aliphatic carbocycles. The lowest BCUT2D eigenvalue weighted by Crippen LogP contribution is -2.35. The highest BCUT2D eigenvalue weighted by molar-refractivity contribution is 5.78. The Kier molecular flexibility index (Phi) is 5.77. The van der Waals surface area contributed by atoms with Gasteiger partial charge in [-0.1, -0.05) is 19.8 Å². The molecule has 94 valence electrons. The summed E-state index contributed by atoms with van der Waals surface area (Å²) in [5.74, 6) is 0.703. The maximum atomic E-state index is 11.0. The van der Waals surface area contributed by atoms with E-state index in [4.69, 9.17) is 16.2 Å². The van der Waals surface area contributed by atoms with E-state index >= 15 is 0 Å². The molecule has 0 bridgehead atoms. The molecule has 1 fully saturated rings. The van der Waals surface area contributed by atoms with Gasteiger partial charge >= 0.3 is 0 Å². The van der Waals surface area contributed by atoms with Crippen LogP contribution in [0.1, 0.15) is 39.0 Å². The summed E-state index contributed by atoms with van der Waals surface area (Å²) in [5, 5.41) is 0. The van der Waals surface area contributed by atoms with Gasteiger partial charge in [0.25, 0.3) is 0 Å². The summed E-state index contributed by atoms with van der Waals surface area (Å²) in [6.45, 7) is 3.27. The van der Waals surface area contributed by atoms with E-state index in [-0.39, 0.29) is 5.91 Å². The van der Waals surface area contributed by atoms with Crippen molar-refractivity contribution in [1.82, 2.24) is 0 Å². The number of amides is 1. The van der Waals surface area contributed by atoms with Crippen LogP contribution in [0.5, 0.6) is 0 Å². The zero-order valence-corrected chi connectivity index (χ0v) is 10.2. The van der Waals surface area contributed by atoms with Crippen molar-refractivity contribution in [3.05, 3.63) is 0 Å². The van der Waals surface area contributed by atoms with Crippen LogP contribution in [0.2, 0.25) is 0 Å². The van der Waals surface area contributed by atoms with Gasteiger partial charge in [-0.3, -0.25) is 4.79 Å². The van der Waals surface area contributed by atoms with Crippen LogP contribution in [0.25, 0.3) is 0 Å². The quantitative estimate of drug-likeness (QED) is 0.712. The second-order valence-electron chi connectivity index (χ2n) is 4.67. The molecule has 1 aliphatic rings. The van der Waals surface area contributed by atoms with Crippen LogP contribution in [0.3, 0.4) is 0 Å². The van der Waals surface area contributed by atoms with E-state index in [1.807, 2.05) is 6.92 Å². The Bertz CT molecular complexity index is 221. The summed E-state index contributed by atoms with van der Waals surface area (Å²) in [7, 11) is 0. The Morgan fingerprint density at radius 1 is 1.38 bits per heavy atom. The lowest BCUT2D eigenvalue weighted by atomic mass is 9.80. The van der Waals surface area contributed by atoms with Gasteiger partial charge in [0, 0.05) is 0 Å². The van der Waals surface area contributed by atoms with Crippen molar-refractivity contribution in [1.29, 1.82) is 0 Å². The van der Waals surface area contributed by atoms with Gasteiger partial charge in [0.15, 0.2) is 0 Å². The van der Waals surface area contributed by atoms with Crippen LogP contribution in [0.4, 0.5) is 0 Å². The molecular formula is C12H24N2O2. The number of rotatable bonds is 6. The molecule has 4 N–H and O–H groups in total. The van der Waals surface area contributed by atoms with Gasteiger partial charge in [0.2, 0.25) is 5.91 Å². The minimum absolute atomic E-state index is 0.359. The van der Waals surface area contributed by atoms with Gasteiger partial charge in [-0.05, 0) is 37.6 Å². The van der Waals surface area contributed by atoms with Gasteiger partial charge in [-0.2, -0.15) is 0 Å². The number of hydrogen-bond acceptors (Lipinski definition) is 3. The Hall–Kier alpha value is -0.610. The van der Waals surface area contributed by atoms with Crippen LogP contribution in [0.15, 0.2) is 0 Å². The number of hydrogen-bond donors (Lipinski definition) is 2. The minimum Gasteiger partial charge on any atom is -0.368 e. The van der Waals surface area contributed by atoms with Gasteiger partial charge in [0.05, 0.1) is 6.61 Å². The summed E-state index contributed by atoms with van der Waals surface area (Å²) in [5.41, 5.74) is 11.0. The number of primary amides is 1. The van der Waals surface area contributed by atoms with Crippen molar-refractivity contribution in [3.8, 4) is 0 Å². The molecule has 3 atom stereocenters. The van der Waals surface area contributed by atoms with E-state index in [0.29, 0.717) is 24.9 Å². The number of carbonyl (C=O) groups is 1. The highest BCUT2D eigenvalue weighted by Gasteiger charge is 2.25. The normalized spacial score (nSPS) is 27.6. The molecule has 0 aromatic heterocycles. The summed E-state index contributed by atoms with van der Waals surface area (Å²) in [6.07, 6.45) is 5.09. The van der Waals surface area contributed by atoms with Crippen LogP contribution >= 0.6 is 0 Å². The van der Waals surface area contributed by atoms with Gasteiger partial charge in [-0.15, -0.1) is 0 Å². The number of nitrogens with two attached hydrogens (primary N) is 2. The predicted molar refractivity (Wildman–Crippen MR) is 63.7 cm³/mol. The highest BCUT2D eigenvalue weighted by Crippen LogP contribution is 2.29. The maximum absolute atomic E-state index is 11.0. The summed E-state index contributed by atoms with van der Waals surface area (Å²) in [6, 6.07) is 0. The Labute approximate surface area is 97.7 Å². The molecule has 1 saturated carbocycles. The van der Waals surface area contributed by atoms with E-state index in [2.05, 4.69) is 0 Å². The largest absolute Gasteiger partial charge is 0.368 e. The van der Waals surface area contributed by atoms with E-state index in [1.165, 1.54) is 19.3 Å². The van der Waals surface area contributed by atoms with Gasteiger partial charge in [-0.25, -0.2) is 0 Å². The molecule has 0 aromatic carbocycles. The third-order valence-electron chi connectivity index (χ3n) is 3.57. The van der Waals surface area contributed by atoms with Crippen LogP contribution in [0, 0.1) is 11.8 Å². The average molecular weight is 228 g/mol. The zero-order valence-electron chi connectivity index (χ0n) is 10.2. The van der Waals surface area contributed by atoms with Crippen molar-refractivity contribution in [2.45, 2.75) is 45.1 Å². The molecule has 4 heteroatoms.